The molecule has 2 aromatic rings. The number of nitrogens with zero attached hydrogens (tertiary/aromatic N) is 8. The number of carbonyl (C=O) groups is 1. The van der Waals surface area contributed by atoms with E-state index in [0.29, 0.717) is 56.1 Å². The molecule has 3 fully saturated rings. The van der Waals surface area contributed by atoms with Crippen molar-refractivity contribution in [3.05, 3.63) is 36.0 Å². The number of nitriles is 1. The molecule has 0 spiro atoms. The summed E-state index contributed by atoms with van der Waals surface area (Å²) in [4.78, 5) is 33.0. The molecule has 2 aromatic heterocycles. The summed E-state index contributed by atoms with van der Waals surface area (Å²) in [5.74, 6) is 2.91. The molecule has 0 aromatic carbocycles. The molecule has 5 heterocycles. The highest BCUT2D eigenvalue weighted by Gasteiger charge is 2.29. The van der Waals surface area contributed by atoms with Crippen LogP contribution in [-0.4, -0.2) is 109 Å². The van der Waals surface area contributed by atoms with Crippen molar-refractivity contribution in [2.24, 2.45) is 5.92 Å². The van der Waals surface area contributed by atoms with E-state index < -0.39 is 0 Å². The van der Waals surface area contributed by atoms with Gasteiger partial charge in [-0.25, -0.2) is 9.97 Å². The molecule has 0 aliphatic carbocycles. The normalized spacial score (nSPS) is 22.0. The number of rotatable bonds is 6. The van der Waals surface area contributed by atoms with Gasteiger partial charge in [-0.1, -0.05) is 6.07 Å². The maximum Gasteiger partial charge on any atom is 0.236 e. The summed E-state index contributed by atoms with van der Waals surface area (Å²) in [5.41, 5.74) is 0.324. The molecule has 0 saturated carbocycles. The minimum absolute atomic E-state index is 0.202. The number of aromatic nitrogens is 2. The lowest BCUT2D eigenvalue weighted by Gasteiger charge is -2.40. The van der Waals surface area contributed by atoms with Gasteiger partial charge in [0.15, 0.2) is 5.89 Å². The first-order valence-corrected chi connectivity index (χ1v) is 13.1. The maximum absolute atomic E-state index is 13.1. The molecular weight excluding hydrogens is 456 g/mol. The summed E-state index contributed by atoms with van der Waals surface area (Å²) in [6.07, 6.45) is 4.25. The molecular formula is C26H36N8O2. The van der Waals surface area contributed by atoms with Crippen molar-refractivity contribution in [1.29, 1.82) is 5.26 Å². The Morgan fingerprint density at radius 3 is 2.56 bits per heavy atom. The van der Waals surface area contributed by atoms with E-state index in [1.54, 1.807) is 6.92 Å². The zero-order valence-electron chi connectivity index (χ0n) is 21.2. The van der Waals surface area contributed by atoms with Crippen molar-refractivity contribution in [2.75, 3.05) is 88.3 Å². The van der Waals surface area contributed by atoms with Crippen LogP contribution in [0, 0.1) is 24.2 Å². The van der Waals surface area contributed by atoms with E-state index in [-0.39, 0.29) is 5.91 Å². The SMILES string of the molecule is Cc1nc(C#N)c(N2CCN(C(=O)CN3CCCC(CN4CCN(c5ccccn5)CC4)C3)CC2)o1. The third-order valence-corrected chi connectivity index (χ3v) is 7.57. The molecule has 1 unspecified atom stereocenters. The van der Waals surface area contributed by atoms with Crippen LogP contribution in [0.15, 0.2) is 28.8 Å². The predicted octanol–water partition coefficient (Wildman–Crippen LogP) is 1.43. The van der Waals surface area contributed by atoms with Gasteiger partial charge in [-0.2, -0.15) is 5.26 Å². The first kappa shape index (κ1) is 24.5. The number of likely N-dealkylation sites (tertiary alicyclic amines) is 1. The van der Waals surface area contributed by atoms with Crippen LogP contribution in [0.3, 0.4) is 0 Å². The van der Waals surface area contributed by atoms with Crippen LogP contribution in [0.2, 0.25) is 0 Å². The highest BCUT2D eigenvalue weighted by atomic mass is 16.4. The van der Waals surface area contributed by atoms with Gasteiger partial charge < -0.3 is 19.1 Å². The number of hydrogen-bond acceptors (Lipinski definition) is 9. The summed E-state index contributed by atoms with van der Waals surface area (Å²) < 4.78 is 5.64. The van der Waals surface area contributed by atoms with E-state index in [1.165, 1.54) is 6.42 Å². The lowest BCUT2D eigenvalue weighted by atomic mass is 9.97. The number of anilines is 2. The molecule has 0 bridgehead atoms. The second-order valence-electron chi connectivity index (χ2n) is 10.1. The predicted molar refractivity (Wildman–Crippen MR) is 137 cm³/mol. The van der Waals surface area contributed by atoms with Gasteiger partial charge in [0.2, 0.25) is 17.5 Å². The Morgan fingerprint density at radius 2 is 1.83 bits per heavy atom. The van der Waals surface area contributed by atoms with Crippen molar-refractivity contribution in [3.63, 3.8) is 0 Å². The molecule has 3 aliphatic heterocycles. The number of oxazole rings is 1. The second kappa shape index (κ2) is 11.3. The fourth-order valence-electron chi connectivity index (χ4n) is 5.66. The minimum Gasteiger partial charge on any atom is -0.424 e. The summed E-state index contributed by atoms with van der Waals surface area (Å²) in [6.45, 7) is 12.1. The zero-order chi connectivity index (χ0) is 24.9. The van der Waals surface area contributed by atoms with E-state index in [0.717, 1.165) is 58.1 Å². The number of aryl methyl sites for hydroxylation is 1. The van der Waals surface area contributed by atoms with E-state index in [2.05, 4.69) is 42.9 Å². The van der Waals surface area contributed by atoms with Gasteiger partial charge in [-0.15, -0.1) is 0 Å². The van der Waals surface area contributed by atoms with Gasteiger partial charge in [-0.05, 0) is 37.4 Å². The van der Waals surface area contributed by atoms with Gasteiger partial charge in [0.25, 0.3) is 0 Å². The fraction of sp³-hybridized carbons (Fsp3) is 0.615. The monoisotopic (exact) mass is 492 g/mol. The summed E-state index contributed by atoms with van der Waals surface area (Å²) in [6, 6.07) is 8.20. The van der Waals surface area contributed by atoms with Gasteiger partial charge in [-0.3, -0.25) is 14.6 Å². The highest BCUT2D eigenvalue weighted by Crippen LogP contribution is 2.23. The van der Waals surface area contributed by atoms with E-state index in [1.807, 2.05) is 22.1 Å². The maximum atomic E-state index is 13.1. The zero-order valence-corrected chi connectivity index (χ0v) is 21.2. The molecule has 192 valence electrons. The Bertz CT molecular complexity index is 1050. The van der Waals surface area contributed by atoms with Crippen LogP contribution in [-0.2, 0) is 4.79 Å². The molecule has 1 atom stereocenters. The molecule has 0 radical (unpaired) electrons. The van der Waals surface area contributed by atoms with Crippen LogP contribution in [0.5, 0.6) is 0 Å². The first-order chi connectivity index (χ1) is 17.6. The molecule has 10 nitrogen and oxygen atoms in total. The Hall–Kier alpha value is -3.16. The molecule has 1 amide bonds. The Morgan fingerprint density at radius 1 is 1.06 bits per heavy atom. The average molecular weight is 493 g/mol. The largest absolute Gasteiger partial charge is 0.424 e. The standard InChI is InChI=1S/C26H36N8O2/c1-21-29-23(17-27)26(36-21)34-15-13-33(14-16-34)25(35)20-31-8-4-5-22(19-31)18-30-9-11-32(12-10-30)24-6-2-3-7-28-24/h2-3,6-7,22H,4-5,8-16,18-20H2,1H3. The summed E-state index contributed by atoms with van der Waals surface area (Å²) in [5, 5.41) is 9.29. The van der Waals surface area contributed by atoms with Crippen molar-refractivity contribution >= 4 is 17.6 Å². The van der Waals surface area contributed by atoms with Crippen LogP contribution < -0.4 is 9.80 Å². The van der Waals surface area contributed by atoms with Crippen molar-refractivity contribution < 1.29 is 9.21 Å². The first-order valence-electron chi connectivity index (χ1n) is 13.1. The number of pyridine rings is 1. The summed E-state index contributed by atoms with van der Waals surface area (Å²) in [7, 11) is 0. The minimum atomic E-state index is 0.202. The molecule has 36 heavy (non-hydrogen) atoms. The Balaban J connectivity index is 1.05. The highest BCUT2D eigenvalue weighted by molar-refractivity contribution is 5.78. The van der Waals surface area contributed by atoms with E-state index >= 15 is 0 Å². The van der Waals surface area contributed by atoms with Gasteiger partial charge in [0.1, 0.15) is 11.9 Å². The summed E-state index contributed by atoms with van der Waals surface area (Å²) >= 11 is 0. The lowest BCUT2D eigenvalue weighted by Crippen LogP contribution is -2.53. The quantitative estimate of drug-likeness (QED) is 0.593. The molecule has 3 aliphatic rings. The Kier molecular flexibility index (Phi) is 7.68. The topological polar surface area (TPSA) is 96.0 Å². The van der Waals surface area contributed by atoms with Gasteiger partial charge >= 0.3 is 0 Å². The molecule has 10 heteroatoms. The third-order valence-electron chi connectivity index (χ3n) is 7.57. The van der Waals surface area contributed by atoms with Crippen molar-refractivity contribution in [3.8, 4) is 6.07 Å². The second-order valence-corrected chi connectivity index (χ2v) is 10.1. The van der Waals surface area contributed by atoms with Crippen LogP contribution >= 0.6 is 0 Å². The fourth-order valence-corrected chi connectivity index (χ4v) is 5.66. The van der Waals surface area contributed by atoms with Crippen LogP contribution in [0.25, 0.3) is 0 Å². The average Bonchev–Trinajstić information content (AvgIpc) is 3.30. The van der Waals surface area contributed by atoms with Gasteiger partial charge in [0, 0.05) is 78.6 Å². The van der Waals surface area contributed by atoms with E-state index in [9.17, 15) is 10.1 Å². The van der Waals surface area contributed by atoms with E-state index in [4.69, 9.17) is 4.42 Å². The molecule has 3 saturated heterocycles. The van der Waals surface area contributed by atoms with Crippen molar-refractivity contribution in [2.45, 2.75) is 19.8 Å². The number of piperidine rings is 1. The Labute approximate surface area is 213 Å². The molecule has 0 N–H and O–H groups in total. The number of piperazine rings is 2. The number of carbonyl (C=O) groups excluding carboxylic acids is 1. The van der Waals surface area contributed by atoms with Crippen molar-refractivity contribution in [1.82, 2.24) is 24.7 Å². The van der Waals surface area contributed by atoms with Crippen LogP contribution in [0.1, 0.15) is 24.4 Å². The lowest BCUT2D eigenvalue weighted by molar-refractivity contribution is -0.133. The number of amides is 1. The van der Waals surface area contributed by atoms with Gasteiger partial charge in [0.05, 0.1) is 6.54 Å². The molecule has 5 rings (SSSR count). The number of hydrogen-bond donors (Lipinski definition) is 0. The third kappa shape index (κ3) is 5.79. The smallest absolute Gasteiger partial charge is 0.236 e. The van der Waals surface area contributed by atoms with Crippen LogP contribution in [0.4, 0.5) is 11.7 Å².